The number of nitrogens with zero attached hydrogens (tertiary/aromatic N) is 3. The summed E-state index contributed by atoms with van der Waals surface area (Å²) in [6, 6.07) is 12.8. The molecule has 4 atom stereocenters. The van der Waals surface area contributed by atoms with Crippen LogP contribution in [-0.4, -0.2) is 87.7 Å². The lowest BCUT2D eigenvalue weighted by atomic mass is 10.0. The molecule has 10 heteroatoms. The van der Waals surface area contributed by atoms with Gasteiger partial charge in [-0.05, 0) is 55.4 Å². The number of hydrogen-bond acceptors (Lipinski definition) is 6. The monoisotopic (exact) mass is 535 g/mol. The van der Waals surface area contributed by atoms with E-state index in [1.807, 2.05) is 30.3 Å². The molecule has 10 nitrogen and oxygen atoms in total. The zero-order valence-corrected chi connectivity index (χ0v) is 22.2. The third kappa shape index (κ3) is 6.39. The highest BCUT2D eigenvalue weighted by atomic mass is 16.3. The van der Waals surface area contributed by atoms with Crippen molar-refractivity contribution in [3.05, 3.63) is 65.7 Å². The van der Waals surface area contributed by atoms with Crippen LogP contribution in [0.25, 0.3) is 0 Å². The number of phenolic OH excluding ortho intramolecular Hbond substituents is 1. The Bertz CT molecular complexity index is 1190. The van der Waals surface area contributed by atoms with Crippen LogP contribution in [0, 0.1) is 0 Å². The zero-order valence-electron chi connectivity index (χ0n) is 22.2. The molecule has 2 aliphatic heterocycles. The summed E-state index contributed by atoms with van der Waals surface area (Å²) < 4.78 is 0. The largest absolute Gasteiger partial charge is 0.508 e. The van der Waals surface area contributed by atoms with Crippen LogP contribution in [0.2, 0.25) is 0 Å². The van der Waals surface area contributed by atoms with E-state index in [4.69, 9.17) is 11.5 Å². The van der Waals surface area contributed by atoms with E-state index < -0.39 is 30.1 Å². The Labute approximate surface area is 228 Å². The van der Waals surface area contributed by atoms with Gasteiger partial charge < -0.3 is 31.3 Å². The van der Waals surface area contributed by atoms with Crippen LogP contribution in [0.3, 0.4) is 0 Å². The number of amides is 4. The fourth-order valence-corrected chi connectivity index (χ4v) is 5.61. The van der Waals surface area contributed by atoms with Gasteiger partial charge in [0.25, 0.3) is 0 Å². The molecule has 2 fully saturated rings. The molecule has 0 aromatic heterocycles. The number of likely N-dealkylation sites (N-methyl/N-ethyl adjacent to an activating group) is 1. The van der Waals surface area contributed by atoms with Crippen molar-refractivity contribution in [3.63, 3.8) is 0 Å². The molecule has 2 heterocycles. The summed E-state index contributed by atoms with van der Waals surface area (Å²) >= 11 is 0. The number of likely N-dealkylation sites (tertiary alicyclic amines) is 2. The second kappa shape index (κ2) is 12.3. The topological polar surface area (TPSA) is 150 Å². The molecule has 0 spiro atoms. The van der Waals surface area contributed by atoms with Crippen LogP contribution in [-0.2, 0) is 32.0 Å². The molecule has 2 aromatic carbocycles. The first kappa shape index (κ1) is 28.1. The average Bonchev–Trinajstić information content (AvgIpc) is 3.62. The zero-order chi connectivity index (χ0) is 28.1. The van der Waals surface area contributed by atoms with E-state index in [-0.39, 0.29) is 36.3 Å². The van der Waals surface area contributed by atoms with Crippen LogP contribution in [0.5, 0.6) is 5.75 Å². The van der Waals surface area contributed by atoms with Crippen molar-refractivity contribution in [3.8, 4) is 5.75 Å². The van der Waals surface area contributed by atoms with E-state index in [0.717, 1.165) is 11.1 Å². The summed E-state index contributed by atoms with van der Waals surface area (Å²) in [6.07, 6.45) is 2.82. The Kier molecular flexibility index (Phi) is 8.86. The smallest absolute Gasteiger partial charge is 0.246 e. The van der Waals surface area contributed by atoms with Gasteiger partial charge in [0.05, 0.1) is 6.04 Å². The summed E-state index contributed by atoms with van der Waals surface area (Å²) in [4.78, 5) is 57.4. The highest BCUT2D eigenvalue weighted by Crippen LogP contribution is 2.25. The number of hydrogen-bond donors (Lipinski definition) is 3. The highest BCUT2D eigenvalue weighted by Gasteiger charge is 2.43. The van der Waals surface area contributed by atoms with Crippen molar-refractivity contribution in [2.75, 3.05) is 20.1 Å². The molecule has 0 saturated carbocycles. The van der Waals surface area contributed by atoms with Crippen LogP contribution in [0.1, 0.15) is 36.8 Å². The lowest BCUT2D eigenvalue weighted by molar-refractivity contribution is -0.151. The number of nitrogens with two attached hydrogens (primary N) is 2. The minimum Gasteiger partial charge on any atom is -0.508 e. The molecule has 0 radical (unpaired) electrons. The number of carbonyl (C=O) groups is 4. The Hall–Kier alpha value is -3.92. The predicted molar refractivity (Wildman–Crippen MR) is 145 cm³/mol. The number of aromatic hydroxyl groups is 1. The average molecular weight is 536 g/mol. The molecule has 0 unspecified atom stereocenters. The molecule has 2 aliphatic rings. The maximum Gasteiger partial charge on any atom is 0.246 e. The van der Waals surface area contributed by atoms with Gasteiger partial charge in [0, 0.05) is 26.6 Å². The number of carbonyl (C=O) groups excluding carboxylic acids is 4. The Morgan fingerprint density at radius 1 is 0.872 bits per heavy atom. The van der Waals surface area contributed by atoms with Gasteiger partial charge in [-0.2, -0.15) is 0 Å². The number of benzene rings is 2. The lowest BCUT2D eigenvalue weighted by Gasteiger charge is -2.36. The first-order chi connectivity index (χ1) is 18.7. The van der Waals surface area contributed by atoms with Gasteiger partial charge in [0.2, 0.25) is 23.6 Å². The molecule has 2 aromatic rings. The van der Waals surface area contributed by atoms with Crippen LogP contribution in [0.15, 0.2) is 54.6 Å². The second-order valence-electron chi connectivity index (χ2n) is 10.4. The van der Waals surface area contributed by atoms with Crippen molar-refractivity contribution >= 4 is 23.6 Å². The van der Waals surface area contributed by atoms with Crippen molar-refractivity contribution < 1.29 is 24.3 Å². The van der Waals surface area contributed by atoms with Gasteiger partial charge in [0.1, 0.15) is 23.9 Å². The third-order valence-electron chi connectivity index (χ3n) is 7.77. The van der Waals surface area contributed by atoms with Crippen LogP contribution >= 0.6 is 0 Å². The van der Waals surface area contributed by atoms with Crippen molar-refractivity contribution in [2.45, 2.75) is 62.7 Å². The fourth-order valence-electron chi connectivity index (χ4n) is 5.61. The molecule has 208 valence electrons. The van der Waals surface area contributed by atoms with Gasteiger partial charge in [-0.25, -0.2) is 0 Å². The number of rotatable bonds is 9. The van der Waals surface area contributed by atoms with Gasteiger partial charge in [-0.3, -0.25) is 19.2 Å². The lowest BCUT2D eigenvalue weighted by Crippen LogP contribution is -2.58. The molecule has 39 heavy (non-hydrogen) atoms. The van der Waals surface area contributed by atoms with E-state index in [1.54, 1.807) is 19.2 Å². The summed E-state index contributed by atoms with van der Waals surface area (Å²) in [5.41, 5.74) is 13.5. The predicted octanol–water partition coefficient (Wildman–Crippen LogP) is 0.799. The molecular formula is C29H37N5O5. The fraction of sp³-hybridized carbons (Fsp3) is 0.448. The first-order valence-corrected chi connectivity index (χ1v) is 13.4. The van der Waals surface area contributed by atoms with Crippen LogP contribution < -0.4 is 11.5 Å². The molecule has 0 bridgehead atoms. The van der Waals surface area contributed by atoms with Gasteiger partial charge in [-0.15, -0.1) is 0 Å². The summed E-state index contributed by atoms with van der Waals surface area (Å²) in [6.45, 7) is 0.805. The normalized spacial score (nSPS) is 20.5. The van der Waals surface area contributed by atoms with E-state index >= 15 is 0 Å². The summed E-state index contributed by atoms with van der Waals surface area (Å²) in [5, 5.41) is 9.51. The molecule has 4 rings (SSSR count). The van der Waals surface area contributed by atoms with Crippen molar-refractivity contribution in [1.82, 2.24) is 14.7 Å². The van der Waals surface area contributed by atoms with Gasteiger partial charge >= 0.3 is 0 Å². The van der Waals surface area contributed by atoms with Crippen LogP contribution in [0.4, 0.5) is 0 Å². The van der Waals surface area contributed by atoms with Gasteiger partial charge in [-0.1, -0.05) is 42.5 Å². The highest BCUT2D eigenvalue weighted by molar-refractivity contribution is 5.95. The quantitative estimate of drug-likeness (QED) is 0.432. The van der Waals surface area contributed by atoms with E-state index in [0.29, 0.717) is 38.8 Å². The number of phenols is 1. The molecule has 5 N–H and O–H groups in total. The first-order valence-electron chi connectivity index (χ1n) is 13.4. The van der Waals surface area contributed by atoms with E-state index in [2.05, 4.69) is 0 Å². The summed E-state index contributed by atoms with van der Waals surface area (Å²) in [7, 11) is 1.58. The van der Waals surface area contributed by atoms with E-state index in [1.165, 1.54) is 26.8 Å². The number of primary amides is 1. The Morgan fingerprint density at radius 2 is 1.44 bits per heavy atom. The Morgan fingerprint density at radius 3 is 2.05 bits per heavy atom. The molecule has 0 aliphatic carbocycles. The third-order valence-corrected chi connectivity index (χ3v) is 7.77. The standard InChI is InChI=1S/C29H37N5O5/c1-32(25(18-19-7-3-2-4-8-19)29(39)33-15-5-9-23(33)26(31)36)28(38)24-10-6-16-34(24)27(37)22(30)17-20-11-13-21(35)14-12-20/h2-4,7-8,11-14,22-25,35H,5-6,9-10,15-18,30H2,1H3,(H2,31,36)/t22-,23-,24+,25+/m1/s1. The minimum atomic E-state index is -0.858. The molecular weight excluding hydrogens is 498 g/mol. The second-order valence-corrected chi connectivity index (χ2v) is 10.4. The van der Waals surface area contributed by atoms with Crippen molar-refractivity contribution in [2.24, 2.45) is 11.5 Å². The van der Waals surface area contributed by atoms with Crippen molar-refractivity contribution in [1.29, 1.82) is 0 Å². The van der Waals surface area contributed by atoms with E-state index in [9.17, 15) is 24.3 Å². The summed E-state index contributed by atoms with van der Waals surface area (Å²) in [5.74, 6) is -1.41. The maximum absolute atomic E-state index is 13.8. The Balaban J connectivity index is 1.52. The SMILES string of the molecule is CN(C(=O)[C@@H]1CCCN1C(=O)[C@H](N)Cc1ccc(O)cc1)[C@@H](Cc1ccccc1)C(=O)N1CCC[C@@H]1C(N)=O. The molecule has 2 saturated heterocycles. The molecule has 4 amide bonds. The maximum atomic E-state index is 13.8. The van der Waals surface area contributed by atoms with Gasteiger partial charge in [0.15, 0.2) is 0 Å². The minimum absolute atomic E-state index is 0.127.